The molecule has 10 aromatic carbocycles. The normalized spacial score (nSPS) is 13.2. The molecule has 0 N–H and O–H groups in total. The summed E-state index contributed by atoms with van der Waals surface area (Å²) >= 11 is 0. The largest absolute Gasteiger partial charge is 0.0616 e. The van der Waals surface area contributed by atoms with Gasteiger partial charge < -0.3 is 0 Å². The molecule has 0 radical (unpaired) electrons. The van der Waals surface area contributed by atoms with Crippen LogP contribution in [0.1, 0.15) is 25.0 Å². The summed E-state index contributed by atoms with van der Waals surface area (Å²) in [6.45, 7) is 4.81. The Morgan fingerprint density at radius 3 is 1.43 bits per heavy atom. The van der Waals surface area contributed by atoms with Crippen LogP contribution in [-0.4, -0.2) is 0 Å². The highest BCUT2D eigenvalue weighted by molar-refractivity contribution is 6.23. The molecule has 0 saturated carbocycles. The highest BCUT2D eigenvalue weighted by Gasteiger charge is 2.38. The van der Waals surface area contributed by atoms with E-state index in [2.05, 4.69) is 196 Å². The van der Waals surface area contributed by atoms with E-state index < -0.39 is 0 Å². The summed E-state index contributed by atoms with van der Waals surface area (Å²) < 4.78 is 0. The first-order valence-electron chi connectivity index (χ1n) is 18.7. The summed E-state index contributed by atoms with van der Waals surface area (Å²) in [5.74, 6) is 0. The average Bonchev–Trinajstić information content (AvgIpc) is 3.45. The van der Waals surface area contributed by atoms with Crippen LogP contribution in [-0.2, 0) is 5.41 Å². The molecule has 53 heavy (non-hydrogen) atoms. The van der Waals surface area contributed by atoms with Gasteiger partial charge in [-0.1, -0.05) is 184 Å². The van der Waals surface area contributed by atoms with Gasteiger partial charge in [-0.25, -0.2) is 0 Å². The van der Waals surface area contributed by atoms with Gasteiger partial charge in [0.05, 0.1) is 0 Å². The van der Waals surface area contributed by atoms with Crippen molar-refractivity contribution < 1.29 is 0 Å². The lowest BCUT2D eigenvalue weighted by Gasteiger charge is -2.26. The van der Waals surface area contributed by atoms with Crippen LogP contribution < -0.4 is 0 Å². The number of hydrogen-bond acceptors (Lipinski definition) is 0. The second kappa shape index (κ2) is 11.2. The Morgan fingerprint density at radius 2 is 0.736 bits per heavy atom. The predicted molar refractivity (Wildman–Crippen MR) is 228 cm³/mol. The zero-order chi connectivity index (χ0) is 35.3. The number of benzene rings is 10. The van der Waals surface area contributed by atoms with Crippen molar-refractivity contribution in [2.45, 2.75) is 19.3 Å². The smallest absolute Gasteiger partial charge is 0.0171 e. The zero-order valence-electron chi connectivity index (χ0n) is 29.8. The van der Waals surface area contributed by atoms with E-state index in [0.29, 0.717) is 0 Å². The first-order chi connectivity index (χ1) is 26.1. The summed E-state index contributed by atoms with van der Waals surface area (Å²) in [7, 11) is 0. The quantitative estimate of drug-likeness (QED) is 0.164. The monoisotopic (exact) mass is 672 g/mol. The fourth-order valence-corrected chi connectivity index (χ4v) is 9.73. The van der Waals surface area contributed by atoms with Crippen molar-refractivity contribution in [3.8, 4) is 44.5 Å². The molecule has 0 spiro atoms. The van der Waals surface area contributed by atoms with Crippen molar-refractivity contribution in [2.75, 3.05) is 0 Å². The maximum atomic E-state index is 2.40. The van der Waals surface area contributed by atoms with Gasteiger partial charge in [-0.3, -0.25) is 0 Å². The topological polar surface area (TPSA) is 0 Å². The van der Waals surface area contributed by atoms with Gasteiger partial charge in [-0.15, -0.1) is 0 Å². The van der Waals surface area contributed by atoms with Crippen LogP contribution in [0.3, 0.4) is 0 Å². The summed E-state index contributed by atoms with van der Waals surface area (Å²) in [5, 5.41) is 12.8. The minimum absolute atomic E-state index is 0.124. The molecule has 0 nitrogen and oxygen atoms in total. The molecule has 0 heterocycles. The van der Waals surface area contributed by atoms with Gasteiger partial charge in [-0.05, 0) is 122 Å². The number of rotatable bonds is 3. The molecular formula is C53H36. The molecule has 0 saturated heterocycles. The Balaban J connectivity index is 1.08. The van der Waals surface area contributed by atoms with E-state index in [9.17, 15) is 0 Å². The second-order valence-corrected chi connectivity index (χ2v) is 15.2. The number of fused-ring (bicyclic) bond motifs is 9. The van der Waals surface area contributed by atoms with Gasteiger partial charge in [0.2, 0.25) is 0 Å². The molecule has 248 valence electrons. The molecule has 0 amide bonds. The van der Waals surface area contributed by atoms with E-state index in [-0.39, 0.29) is 5.41 Å². The number of hydrogen-bond donors (Lipinski definition) is 0. The van der Waals surface area contributed by atoms with Crippen molar-refractivity contribution in [1.82, 2.24) is 0 Å². The van der Waals surface area contributed by atoms with Crippen LogP contribution in [0.15, 0.2) is 182 Å². The molecular weight excluding hydrogens is 637 g/mol. The van der Waals surface area contributed by atoms with Crippen molar-refractivity contribution in [3.05, 3.63) is 193 Å². The van der Waals surface area contributed by atoms with Gasteiger partial charge in [0.1, 0.15) is 0 Å². The molecule has 0 unspecified atom stereocenters. The molecule has 0 fully saturated rings. The Hall–Kier alpha value is -6.50. The lowest BCUT2D eigenvalue weighted by molar-refractivity contribution is 0.668. The highest BCUT2D eigenvalue weighted by Crippen LogP contribution is 2.54. The first-order valence-corrected chi connectivity index (χ1v) is 18.7. The summed E-state index contributed by atoms with van der Waals surface area (Å²) in [5.41, 5.74) is 13.2. The van der Waals surface area contributed by atoms with Crippen LogP contribution in [0, 0.1) is 0 Å². The highest BCUT2D eigenvalue weighted by atomic mass is 14.4. The third-order valence-electron chi connectivity index (χ3n) is 12.0. The van der Waals surface area contributed by atoms with Gasteiger partial charge in [-0.2, -0.15) is 0 Å². The molecule has 1 aliphatic carbocycles. The Kier molecular flexibility index (Phi) is 6.40. The lowest BCUT2D eigenvalue weighted by atomic mass is 9.77. The first kappa shape index (κ1) is 30.2. The van der Waals surface area contributed by atoms with Gasteiger partial charge in [0.15, 0.2) is 0 Å². The molecule has 11 rings (SSSR count). The summed E-state index contributed by atoms with van der Waals surface area (Å²) in [6.07, 6.45) is 0. The van der Waals surface area contributed by atoms with Crippen molar-refractivity contribution in [2.24, 2.45) is 0 Å². The van der Waals surface area contributed by atoms with Crippen molar-refractivity contribution in [3.63, 3.8) is 0 Å². The van der Waals surface area contributed by atoms with Crippen LogP contribution >= 0.6 is 0 Å². The van der Waals surface area contributed by atoms with E-state index >= 15 is 0 Å². The molecule has 10 aromatic rings. The minimum atomic E-state index is -0.124. The Morgan fingerprint density at radius 1 is 0.283 bits per heavy atom. The third-order valence-corrected chi connectivity index (χ3v) is 12.0. The molecule has 0 aliphatic heterocycles. The maximum absolute atomic E-state index is 2.40. The zero-order valence-corrected chi connectivity index (χ0v) is 29.8. The maximum Gasteiger partial charge on any atom is 0.0171 e. The van der Waals surface area contributed by atoms with Gasteiger partial charge in [0.25, 0.3) is 0 Å². The van der Waals surface area contributed by atoms with Crippen molar-refractivity contribution >= 4 is 53.9 Å². The summed E-state index contributed by atoms with van der Waals surface area (Å²) in [4.78, 5) is 0. The molecule has 0 bridgehead atoms. The average molecular weight is 673 g/mol. The molecule has 1 aliphatic rings. The predicted octanol–water partition coefficient (Wildman–Crippen LogP) is 14.8. The lowest BCUT2D eigenvalue weighted by Crippen LogP contribution is -2.16. The minimum Gasteiger partial charge on any atom is -0.0616 e. The van der Waals surface area contributed by atoms with Crippen LogP contribution in [0.25, 0.3) is 98.4 Å². The van der Waals surface area contributed by atoms with E-state index in [1.165, 1.54) is 109 Å². The van der Waals surface area contributed by atoms with Gasteiger partial charge in [0, 0.05) is 5.41 Å². The van der Waals surface area contributed by atoms with Gasteiger partial charge >= 0.3 is 0 Å². The van der Waals surface area contributed by atoms with E-state index in [1.54, 1.807) is 0 Å². The van der Waals surface area contributed by atoms with Crippen LogP contribution in [0.2, 0.25) is 0 Å². The SMILES string of the molecule is CC1(C)c2c(-c3ccc4cc(-c5c6ccccc6c(-c6cccc7ccccc67)c6ccccc56)ccc4c3)cccc2-c2ccc3ccccc3c21. The molecule has 0 aromatic heterocycles. The Bertz CT molecular complexity index is 3080. The van der Waals surface area contributed by atoms with Crippen molar-refractivity contribution in [1.29, 1.82) is 0 Å². The van der Waals surface area contributed by atoms with E-state index in [1.807, 2.05) is 0 Å². The fourth-order valence-electron chi connectivity index (χ4n) is 9.73. The standard InChI is InChI=1S/C53H36/c1-53(2)51-40-17-6-4-14-34(40)29-30-48(51)47-24-12-22-41(52(47)53)37-27-25-36-32-38(28-26-35(36)31-37)49-43-18-7-9-20-45(43)50(46-21-10-8-19-44(46)49)42-23-11-15-33-13-3-5-16-39(33)42/h3-32H,1-2H3. The second-order valence-electron chi connectivity index (χ2n) is 15.2. The molecule has 0 heteroatoms. The fraction of sp³-hybridized carbons (Fsp3) is 0.0566. The third kappa shape index (κ3) is 4.36. The van der Waals surface area contributed by atoms with Crippen LogP contribution in [0.4, 0.5) is 0 Å². The van der Waals surface area contributed by atoms with Crippen LogP contribution in [0.5, 0.6) is 0 Å². The van der Waals surface area contributed by atoms with E-state index in [0.717, 1.165) is 0 Å². The Labute approximate surface area is 309 Å². The summed E-state index contributed by atoms with van der Waals surface area (Å²) in [6, 6.07) is 67.8. The molecule has 0 atom stereocenters. The van der Waals surface area contributed by atoms with E-state index in [4.69, 9.17) is 0 Å².